The lowest BCUT2D eigenvalue weighted by atomic mass is 9.84. The summed E-state index contributed by atoms with van der Waals surface area (Å²) in [5.41, 5.74) is 8.90. The Morgan fingerprint density at radius 3 is 1.35 bits per heavy atom. The minimum absolute atomic E-state index is 1.24. The highest BCUT2D eigenvalue weighted by atomic mass is 14.2. The van der Waals surface area contributed by atoms with Crippen LogP contribution in [-0.2, 0) is 0 Å². The zero-order valence-electron chi connectivity index (χ0n) is 20.8. The zero-order valence-corrected chi connectivity index (χ0v) is 20.8. The van der Waals surface area contributed by atoms with E-state index in [-0.39, 0.29) is 0 Å². The van der Waals surface area contributed by atoms with Crippen LogP contribution in [0.3, 0.4) is 0 Å². The molecule has 0 heteroatoms. The minimum Gasteiger partial charge on any atom is -0.0616 e. The molecule has 0 amide bonds. The summed E-state index contributed by atoms with van der Waals surface area (Å²) in [6, 6.07) is 50.9. The van der Waals surface area contributed by atoms with Gasteiger partial charge >= 0.3 is 0 Å². The van der Waals surface area contributed by atoms with Crippen LogP contribution in [0.4, 0.5) is 0 Å². The highest BCUT2D eigenvalue weighted by Crippen LogP contribution is 2.45. The standard InChI is InChI=1S/C37H26/c1-25-17-19-26(20-18-25)27-21-23-29(24-22-27)36-32-12-4-6-14-34(32)37(35-15-7-5-13-33(35)36)31-16-8-10-28-9-2-3-11-30(28)31/h2-24H,1H3. The Morgan fingerprint density at radius 1 is 0.324 bits per heavy atom. The van der Waals surface area contributed by atoms with Crippen molar-refractivity contribution in [2.24, 2.45) is 0 Å². The van der Waals surface area contributed by atoms with Crippen LogP contribution in [0.15, 0.2) is 140 Å². The van der Waals surface area contributed by atoms with E-state index in [4.69, 9.17) is 0 Å². The van der Waals surface area contributed by atoms with Gasteiger partial charge in [-0.2, -0.15) is 0 Å². The molecule has 0 aromatic heterocycles. The molecule has 37 heavy (non-hydrogen) atoms. The van der Waals surface area contributed by atoms with E-state index in [1.807, 2.05) is 0 Å². The van der Waals surface area contributed by atoms with Gasteiger partial charge in [0.05, 0.1) is 0 Å². The fraction of sp³-hybridized carbons (Fsp3) is 0.0270. The first-order valence-electron chi connectivity index (χ1n) is 12.9. The first-order chi connectivity index (χ1) is 18.3. The van der Waals surface area contributed by atoms with Crippen molar-refractivity contribution in [3.05, 3.63) is 145 Å². The molecule has 0 aliphatic carbocycles. The third-order valence-electron chi connectivity index (χ3n) is 7.55. The molecule has 0 nitrogen and oxygen atoms in total. The van der Waals surface area contributed by atoms with Gasteiger partial charge in [-0.1, -0.05) is 145 Å². The molecular weight excluding hydrogens is 444 g/mol. The second kappa shape index (κ2) is 8.76. The Hall–Kier alpha value is -4.68. The minimum atomic E-state index is 1.24. The van der Waals surface area contributed by atoms with Gasteiger partial charge in [0.2, 0.25) is 0 Å². The predicted octanol–water partition coefficient (Wildman–Crippen LogP) is 10.5. The second-order valence-electron chi connectivity index (χ2n) is 9.81. The van der Waals surface area contributed by atoms with Crippen molar-refractivity contribution < 1.29 is 0 Å². The summed E-state index contributed by atoms with van der Waals surface area (Å²) in [4.78, 5) is 0. The highest BCUT2D eigenvalue weighted by molar-refractivity contribution is 6.23. The lowest BCUT2D eigenvalue weighted by Gasteiger charge is -2.19. The summed E-state index contributed by atoms with van der Waals surface area (Å²) in [7, 11) is 0. The Bertz CT molecular complexity index is 1840. The van der Waals surface area contributed by atoms with Crippen LogP contribution in [0.1, 0.15) is 5.56 Å². The molecule has 0 aliphatic heterocycles. The average molecular weight is 471 g/mol. The van der Waals surface area contributed by atoms with E-state index in [0.29, 0.717) is 0 Å². The largest absolute Gasteiger partial charge is 0.0616 e. The van der Waals surface area contributed by atoms with Crippen molar-refractivity contribution >= 4 is 32.3 Å². The summed E-state index contributed by atoms with van der Waals surface area (Å²) >= 11 is 0. The van der Waals surface area contributed by atoms with Crippen molar-refractivity contribution in [3.8, 4) is 33.4 Å². The number of hydrogen-bond acceptors (Lipinski definition) is 0. The summed E-state index contributed by atoms with van der Waals surface area (Å²) < 4.78 is 0. The lowest BCUT2D eigenvalue weighted by molar-refractivity contribution is 1.47. The van der Waals surface area contributed by atoms with E-state index in [2.05, 4.69) is 146 Å². The molecule has 0 saturated heterocycles. The van der Waals surface area contributed by atoms with Gasteiger partial charge in [0.25, 0.3) is 0 Å². The molecule has 0 heterocycles. The van der Waals surface area contributed by atoms with Gasteiger partial charge in [0, 0.05) is 0 Å². The number of hydrogen-bond donors (Lipinski definition) is 0. The van der Waals surface area contributed by atoms with E-state index in [1.165, 1.54) is 71.3 Å². The van der Waals surface area contributed by atoms with E-state index in [9.17, 15) is 0 Å². The first kappa shape index (κ1) is 21.6. The number of benzene rings is 7. The maximum Gasteiger partial charge on any atom is -0.00201 e. The Kier molecular flexibility index (Phi) is 5.11. The molecular formula is C37H26. The molecule has 0 N–H and O–H groups in total. The number of aryl methyl sites for hydroxylation is 1. The smallest absolute Gasteiger partial charge is 0.00201 e. The summed E-state index contributed by atoms with van der Waals surface area (Å²) in [6.07, 6.45) is 0. The molecule has 0 spiro atoms. The quantitative estimate of drug-likeness (QED) is 0.225. The molecule has 0 radical (unpaired) electrons. The Morgan fingerprint density at radius 2 is 0.757 bits per heavy atom. The highest BCUT2D eigenvalue weighted by Gasteiger charge is 2.17. The molecule has 0 unspecified atom stereocenters. The molecule has 0 bridgehead atoms. The van der Waals surface area contributed by atoms with Crippen LogP contribution in [0.2, 0.25) is 0 Å². The number of fused-ring (bicyclic) bond motifs is 3. The van der Waals surface area contributed by atoms with Gasteiger partial charge in [-0.05, 0) is 72.6 Å². The zero-order chi connectivity index (χ0) is 24.8. The van der Waals surface area contributed by atoms with Gasteiger partial charge in [-0.15, -0.1) is 0 Å². The van der Waals surface area contributed by atoms with E-state index in [0.717, 1.165) is 0 Å². The van der Waals surface area contributed by atoms with Gasteiger partial charge in [-0.3, -0.25) is 0 Å². The monoisotopic (exact) mass is 470 g/mol. The van der Waals surface area contributed by atoms with Crippen molar-refractivity contribution in [3.63, 3.8) is 0 Å². The fourth-order valence-electron chi connectivity index (χ4n) is 5.75. The summed E-state index contributed by atoms with van der Waals surface area (Å²) in [5, 5.41) is 7.70. The second-order valence-corrected chi connectivity index (χ2v) is 9.81. The summed E-state index contributed by atoms with van der Waals surface area (Å²) in [6.45, 7) is 2.13. The van der Waals surface area contributed by atoms with Crippen LogP contribution < -0.4 is 0 Å². The van der Waals surface area contributed by atoms with Gasteiger partial charge in [0.1, 0.15) is 0 Å². The molecule has 0 aliphatic rings. The van der Waals surface area contributed by atoms with Crippen molar-refractivity contribution in [2.75, 3.05) is 0 Å². The van der Waals surface area contributed by atoms with Crippen molar-refractivity contribution in [1.29, 1.82) is 0 Å². The maximum atomic E-state index is 2.28. The SMILES string of the molecule is Cc1ccc(-c2ccc(-c3c4ccccc4c(-c4cccc5ccccc45)c4ccccc34)cc2)cc1. The third-order valence-corrected chi connectivity index (χ3v) is 7.55. The van der Waals surface area contributed by atoms with Gasteiger partial charge in [-0.25, -0.2) is 0 Å². The third kappa shape index (κ3) is 3.61. The van der Waals surface area contributed by atoms with Crippen LogP contribution in [0.25, 0.3) is 65.7 Å². The molecule has 0 saturated carbocycles. The predicted molar refractivity (Wildman–Crippen MR) is 160 cm³/mol. The Labute approximate surface area is 217 Å². The fourth-order valence-corrected chi connectivity index (χ4v) is 5.75. The molecule has 7 rings (SSSR count). The average Bonchev–Trinajstić information content (AvgIpc) is 2.96. The van der Waals surface area contributed by atoms with Crippen molar-refractivity contribution in [1.82, 2.24) is 0 Å². The molecule has 7 aromatic rings. The van der Waals surface area contributed by atoms with Crippen LogP contribution in [0, 0.1) is 6.92 Å². The molecule has 174 valence electrons. The van der Waals surface area contributed by atoms with Crippen LogP contribution >= 0.6 is 0 Å². The Balaban J connectivity index is 1.51. The lowest BCUT2D eigenvalue weighted by Crippen LogP contribution is -1.91. The topological polar surface area (TPSA) is 0 Å². The normalized spacial score (nSPS) is 11.4. The van der Waals surface area contributed by atoms with Gasteiger partial charge in [0.15, 0.2) is 0 Å². The number of rotatable bonds is 3. The summed E-state index contributed by atoms with van der Waals surface area (Å²) in [5.74, 6) is 0. The molecule has 0 fully saturated rings. The molecule has 0 atom stereocenters. The van der Waals surface area contributed by atoms with E-state index < -0.39 is 0 Å². The maximum absolute atomic E-state index is 2.28. The van der Waals surface area contributed by atoms with E-state index >= 15 is 0 Å². The van der Waals surface area contributed by atoms with E-state index in [1.54, 1.807) is 0 Å². The molecule has 7 aromatic carbocycles. The van der Waals surface area contributed by atoms with Crippen LogP contribution in [0.5, 0.6) is 0 Å². The first-order valence-corrected chi connectivity index (χ1v) is 12.9. The van der Waals surface area contributed by atoms with Crippen LogP contribution in [-0.4, -0.2) is 0 Å². The van der Waals surface area contributed by atoms with Crippen molar-refractivity contribution in [2.45, 2.75) is 6.92 Å². The van der Waals surface area contributed by atoms with Gasteiger partial charge < -0.3 is 0 Å².